The highest BCUT2D eigenvalue weighted by Crippen LogP contribution is 2.16. The molecular formula is C39H68N2O5S. The van der Waals surface area contributed by atoms with Gasteiger partial charge >= 0.3 is 11.9 Å². The third-order valence-corrected chi connectivity index (χ3v) is 9.79. The number of nitrogens with two attached hydrogens (primary N) is 1. The van der Waals surface area contributed by atoms with Crippen LogP contribution in [0.4, 0.5) is 0 Å². The van der Waals surface area contributed by atoms with Gasteiger partial charge in [0, 0.05) is 30.9 Å². The van der Waals surface area contributed by atoms with Crippen molar-refractivity contribution in [1.29, 1.82) is 0 Å². The number of esters is 2. The van der Waals surface area contributed by atoms with Crippen molar-refractivity contribution in [3.63, 3.8) is 0 Å². The van der Waals surface area contributed by atoms with Gasteiger partial charge in [-0.3, -0.25) is 14.4 Å². The molecule has 0 saturated carbocycles. The average molecular weight is 677 g/mol. The van der Waals surface area contributed by atoms with Crippen molar-refractivity contribution in [2.24, 2.45) is 5.73 Å². The van der Waals surface area contributed by atoms with E-state index >= 15 is 0 Å². The number of unbranched alkanes of at least 4 members (excludes halogenated alkanes) is 16. The van der Waals surface area contributed by atoms with E-state index in [1.807, 2.05) is 30.3 Å². The van der Waals surface area contributed by atoms with Gasteiger partial charge in [0.25, 0.3) is 0 Å². The first-order chi connectivity index (χ1) is 22.9. The van der Waals surface area contributed by atoms with Crippen LogP contribution in [-0.2, 0) is 23.9 Å². The van der Waals surface area contributed by atoms with E-state index in [9.17, 15) is 14.4 Å². The molecule has 3 atom stereocenters. The molecule has 3 N–H and O–H groups in total. The van der Waals surface area contributed by atoms with Crippen LogP contribution in [0.2, 0.25) is 0 Å². The maximum Gasteiger partial charge on any atom is 0.306 e. The van der Waals surface area contributed by atoms with E-state index < -0.39 is 12.1 Å². The highest BCUT2D eigenvalue weighted by atomic mass is 32.2. The number of amides is 1. The largest absolute Gasteiger partial charge is 0.462 e. The summed E-state index contributed by atoms with van der Waals surface area (Å²) < 4.78 is 11.3. The molecule has 0 saturated heterocycles. The zero-order valence-electron chi connectivity index (χ0n) is 30.1. The van der Waals surface area contributed by atoms with Crippen LogP contribution in [0.1, 0.15) is 161 Å². The lowest BCUT2D eigenvalue weighted by molar-refractivity contribution is -0.157. The van der Waals surface area contributed by atoms with E-state index in [4.69, 9.17) is 15.2 Å². The number of thioether (sulfide) groups is 1. The van der Waals surface area contributed by atoms with Gasteiger partial charge in [0.05, 0.1) is 6.04 Å². The number of nitrogens with one attached hydrogen (secondary N) is 1. The number of carbonyl (C=O) groups is 3. The number of benzene rings is 1. The first-order valence-corrected chi connectivity index (χ1v) is 20.0. The zero-order valence-corrected chi connectivity index (χ0v) is 30.9. The minimum atomic E-state index is -0.685. The molecule has 47 heavy (non-hydrogen) atoms. The van der Waals surface area contributed by atoms with Crippen LogP contribution in [0.5, 0.6) is 0 Å². The Bertz CT molecular complexity index is 916. The lowest BCUT2D eigenvalue weighted by atomic mass is 10.0. The number of hydrogen-bond donors (Lipinski definition) is 2. The second-order valence-electron chi connectivity index (χ2n) is 13.2. The Balaban J connectivity index is 2.42. The third kappa shape index (κ3) is 24.7. The Morgan fingerprint density at radius 3 is 1.72 bits per heavy atom. The molecule has 7 nitrogen and oxygen atoms in total. The van der Waals surface area contributed by atoms with Crippen LogP contribution < -0.4 is 11.1 Å². The Labute approximate surface area is 291 Å². The van der Waals surface area contributed by atoms with E-state index in [1.165, 1.54) is 88.8 Å². The molecule has 0 aliphatic rings. The quantitative estimate of drug-likeness (QED) is 0.0596. The van der Waals surface area contributed by atoms with Gasteiger partial charge < -0.3 is 20.5 Å². The molecule has 1 amide bonds. The maximum absolute atomic E-state index is 12.7. The van der Waals surface area contributed by atoms with Crippen molar-refractivity contribution in [1.82, 2.24) is 5.32 Å². The maximum atomic E-state index is 12.7. The molecule has 1 aromatic rings. The van der Waals surface area contributed by atoms with Crippen molar-refractivity contribution in [3.8, 4) is 0 Å². The second kappa shape index (κ2) is 30.0. The highest BCUT2D eigenvalue weighted by molar-refractivity contribution is 7.99. The molecule has 0 spiro atoms. The van der Waals surface area contributed by atoms with Crippen molar-refractivity contribution in [2.45, 2.75) is 167 Å². The van der Waals surface area contributed by atoms with Crippen LogP contribution in [-0.4, -0.2) is 54.6 Å². The lowest BCUT2D eigenvalue weighted by Crippen LogP contribution is -2.43. The van der Waals surface area contributed by atoms with Gasteiger partial charge in [0.1, 0.15) is 12.7 Å². The molecule has 0 fully saturated rings. The first kappa shape index (κ1) is 43.0. The zero-order chi connectivity index (χ0) is 34.4. The minimum Gasteiger partial charge on any atom is -0.462 e. The molecule has 0 radical (unpaired) electrons. The summed E-state index contributed by atoms with van der Waals surface area (Å²) in [5.41, 5.74) is 7.35. The molecule has 270 valence electrons. The monoisotopic (exact) mass is 676 g/mol. The van der Waals surface area contributed by atoms with Gasteiger partial charge in [0.15, 0.2) is 0 Å². The Kier molecular flexibility index (Phi) is 27.5. The van der Waals surface area contributed by atoms with Gasteiger partial charge in [-0.15, -0.1) is 0 Å². The molecule has 0 aliphatic heterocycles. The van der Waals surface area contributed by atoms with Crippen molar-refractivity contribution in [3.05, 3.63) is 35.9 Å². The van der Waals surface area contributed by atoms with Crippen LogP contribution in [0.15, 0.2) is 30.3 Å². The summed E-state index contributed by atoms with van der Waals surface area (Å²) in [6.07, 6.45) is 21.5. The summed E-state index contributed by atoms with van der Waals surface area (Å²) >= 11 is 1.44. The van der Waals surface area contributed by atoms with Crippen LogP contribution >= 0.6 is 11.8 Å². The molecule has 0 aliphatic carbocycles. The average Bonchev–Trinajstić information content (AvgIpc) is 3.08. The minimum absolute atomic E-state index is 0.0305. The number of carbonyl (C=O) groups excluding carboxylic acids is 3. The van der Waals surface area contributed by atoms with Crippen LogP contribution in [0.3, 0.4) is 0 Å². The van der Waals surface area contributed by atoms with Gasteiger partial charge in [-0.05, 0) is 24.3 Å². The fraction of sp³-hybridized carbons (Fsp3) is 0.769. The second-order valence-corrected chi connectivity index (χ2v) is 14.2. The molecule has 1 unspecified atom stereocenters. The third-order valence-electron chi connectivity index (χ3n) is 8.59. The van der Waals surface area contributed by atoms with E-state index in [2.05, 4.69) is 26.1 Å². The van der Waals surface area contributed by atoms with E-state index in [1.54, 1.807) is 0 Å². The molecule has 8 heteroatoms. The SMILES string of the molecule is CCCCCCCCCCCC(=O)OC[C@H](CSC[C@H](N)C(=O)NCC(C)c1ccccc1)OC(=O)CCCCCCCCCCC. The Morgan fingerprint density at radius 1 is 0.702 bits per heavy atom. The lowest BCUT2D eigenvalue weighted by Gasteiger charge is -2.19. The highest BCUT2D eigenvalue weighted by Gasteiger charge is 2.20. The molecule has 0 aromatic heterocycles. The van der Waals surface area contributed by atoms with E-state index in [0.717, 1.165) is 44.1 Å². The van der Waals surface area contributed by atoms with Crippen molar-refractivity contribution < 1.29 is 23.9 Å². The molecular weight excluding hydrogens is 609 g/mol. The number of hydrogen-bond acceptors (Lipinski definition) is 7. The van der Waals surface area contributed by atoms with Gasteiger partial charge in [0.2, 0.25) is 5.91 Å². The van der Waals surface area contributed by atoms with E-state index in [0.29, 0.717) is 30.9 Å². The Hall–Kier alpha value is -2.06. The molecule has 1 rings (SSSR count). The Morgan fingerprint density at radius 2 is 1.19 bits per heavy atom. The predicted molar refractivity (Wildman–Crippen MR) is 198 cm³/mol. The fourth-order valence-corrected chi connectivity index (χ4v) is 6.43. The summed E-state index contributed by atoms with van der Waals surface area (Å²) in [5.74, 6) is 0.263. The van der Waals surface area contributed by atoms with Crippen molar-refractivity contribution >= 4 is 29.6 Å². The van der Waals surface area contributed by atoms with Crippen LogP contribution in [0, 0.1) is 0 Å². The number of ether oxygens (including phenoxy) is 2. The summed E-state index contributed by atoms with van der Waals surface area (Å²) in [6, 6.07) is 9.37. The molecule has 1 aromatic carbocycles. The van der Waals surface area contributed by atoms with E-state index in [-0.39, 0.29) is 30.4 Å². The predicted octanol–water partition coefficient (Wildman–Crippen LogP) is 9.26. The summed E-state index contributed by atoms with van der Waals surface area (Å²) in [7, 11) is 0. The smallest absolute Gasteiger partial charge is 0.306 e. The van der Waals surface area contributed by atoms with Crippen molar-refractivity contribution in [2.75, 3.05) is 24.7 Å². The summed E-state index contributed by atoms with van der Waals surface area (Å²) in [4.78, 5) is 37.8. The molecule has 0 heterocycles. The van der Waals surface area contributed by atoms with Gasteiger partial charge in [-0.2, -0.15) is 11.8 Å². The van der Waals surface area contributed by atoms with Gasteiger partial charge in [-0.1, -0.05) is 154 Å². The van der Waals surface area contributed by atoms with Gasteiger partial charge in [-0.25, -0.2) is 0 Å². The summed E-state index contributed by atoms with van der Waals surface area (Å²) in [5, 5.41) is 2.95. The summed E-state index contributed by atoms with van der Waals surface area (Å²) in [6.45, 7) is 7.07. The standard InChI is InChI=1S/C39H68N2O5S/c1-4-6-8-10-12-14-16-18-23-27-37(42)45-30-35(46-38(43)28-24-19-17-15-13-11-9-7-5-2)31-47-32-36(40)39(44)41-29-33(3)34-25-21-20-22-26-34/h20-22,25-26,33,35-36H,4-19,23-24,27-32,40H2,1-3H3,(H,41,44)/t33?,35-,36+/m1/s1. The topological polar surface area (TPSA) is 108 Å². The first-order valence-electron chi connectivity index (χ1n) is 18.9. The fourth-order valence-electron chi connectivity index (χ4n) is 5.47. The normalized spacial score (nSPS) is 13.1. The number of rotatable bonds is 31. The van der Waals surface area contributed by atoms with Crippen LogP contribution in [0.25, 0.3) is 0 Å². The molecule has 0 bridgehead atoms.